The molecule has 1 aliphatic heterocycles. The number of urea groups is 1. The highest BCUT2D eigenvalue weighted by molar-refractivity contribution is 5.91. The number of nitrogens with two attached hydrogens (primary N) is 1. The molecule has 0 spiro atoms. The van der Waals surface area contributed by atoms with Crippen LogP contribution < -0.4 is 10.6 Å². The van der Waals surface area contributed by atoms with E-state index in [4.69, 9.17) is 5.73 Å². The van der Waals surface area contributed by atoms with Crippen molar-refractivity contribution in [1.82, 2.24) is 9.97 Å². The van der Waals surface area contributed by atoms with Crippen LogP contribution in [0.5, 0.6) is 0 Å². The summed E-state index contributed by atoms with van der Waals surface area (Å²) in [7, 11) is 0. The van der Waals surface area contributed by atoms with Gasteiger partial charge in [-0.05, 0) is 54.4 Å². The molecule has 2 aliphatic rings. The summed E-state index contributed by atoms with van der Waals surface area (Å²) in [6.07, 6.45) is 9.96. The zero-order valence-electron chi connectivity index (χ0n) is 13.2. The van der Waals surface area contributed by atoms with Crippen LogP contribution in [0.4, 0.5) is 10.6 Å². The molecule has 1 fully saturated rings. The molecule has 2 aromatic rings. The van der Waals surface area contributed by atoms with Gasteiger partial charge in [-0.25, -0.2) is 9.78 Å². The minimum atomic E-state index is -0.434. The van der Waals surface area contributed by atoms with Gasteiger partial charge in [0.15, 0.2) is 0 Å². The summed E-state index contributed by atoms with van der Waals surface area (Å²) in [6, 6.07) is 3.91. The highest BCUT2D eigenvalue weighted by Crippen LogP contribution is 2.47. The Morgan fingerprint density at radius 3 is 2.74 bits per heavy atom. The van der Waals surface area contributed by atoms with Crippen molar-refractivity contribution in [2.45, 2.75) is 38.0 Å². The molecule has 0 bridgehead atoms. The smallest absolute Gasteiger partial charge is 0.320 e. The molecule has 4 rings (SSSR count). The van der Waals surface area contributed by atoms with Gasteiger partial charge >= 0.3 is 6.03 Å². The van der Waals surface area contributed by atoms with Gasteiger partial charge in [0.05, 0.1) is 0 Å². The summed E-state index contributed by atoms with van der Waals surface area (Å²) in [5.41, 5.74) is 10.3. The first-order chi connectivity index (χ1) is 11.1. The number of hydrogen-bond donors (Lipinski definition) is 1. The molecule has 5 heteroatoms. The minimum Gasteiger partial charge on any atom is -0.351 e. The lowest BCUT2D eigenvalue weighted by Gasteiger charge is -2.27. The highest BCUT2D eigenvalue weighted by atomic mass is 16.2. The van der Waals surface area contributed by atoms with Crippen molar-refractivity contribution in [3.63, 3.8) is 0 Å². The van der Waals surface area contributed by atoms with Crippen LogP contribution in [0, 0.1) is 0 Å². The summed E-state index contributed by atoms with van der Waals surface area (Å²) < 4.78 is 0. The van der Waals surface area contributed by atoms with E-state index >= 15 is 0 Å². The summed E-state index contributed by atoms with van der Waals surface area (Å²) in [4.78, 5) is 22.0. The third kappa shape index (κ3) is 2.46. The van der Waals surface area contributed by atoms with Crippen LogP contribution in [-0.4, -0.2) is 22.5 Å². The summed E-state index contributed by atoms with van der Waals surface area (Å²) >= 11 is 0. The fourth-order valence-electron chi connectivity index (χ4n) is 3.24. The minimum absolute atomic E-state index is 0.299. The van der Waals surface area contributed by atoms with Gasteiger partial charge < -0.3 is 5.73 Å². The molecular formula is C18H20N4O. The quantitative estimate of drug-likeness (QED) is 0.927. The first-order valence-electron chi connectivity index (χ1n) is 8.09. The Bertz CT molecular complexity index is 782. The van der Waals surface area contributed by atoms with Crippen LogP contribution in [0.25, 0.3) is 11.1 Å². The predicted octanol–water partition coefficient (Wildman–Crippen LogP) is 3.03. The van der Waals surface area contributed by atoms with Gasteiger partial charge in [-0.3, -0.25) is 9.88 Å². The topological polar surface area (TPSA) is 72.1 Å². The van der Waals surface area contributed by atoms with E-state index in [0.29, 0.717) is 17.8 Å². The number of amides is 2. The fraction of sp³-hybridized carbons (Fsp3) is 0.389. The summed E-state index contributed by atoms with van der Waals surface area (Å²) in [5, 5.41) is 0. The van der Waals surface area contributed by atoms with Gasteiger partial charge in [-0.15, -0.1) is 0 Å². The zero-order valence-corrected chi connectivity index (χ0v) is 13.2. The van der Waals surface area contributed by atoms with Gasteiger partial charge in [0.25, 0.3) is 0 Å². The predicted molar refractivity (Wildman–Crippen MR) is 89.3 cm³/mol. The van der Waals surface area contributed by atoms with E-state index in [1.54, 1.807) is 4.90 Å². The summed E-state index contributed by atoms with van der Waals surface area (Å²) in [5.74, 6) is 0.700. The molecule has 0 unspecified atom stereocenters. The van der Waals surface area contributed by atoms with Crippen molar-refractivity contribution >= 4 is 11.8 Å². The molecular weight excluding hydrogens is 288 g/mol. The third-order valence-corrected chi connectivity index (χ3v) is 5.06. The Hall–Kier alpha value is -2.43. The zero-order chi connectivity index (χ0) is 16.0. The second-order valence-corrected chi connectivity index (χ2v) is 6.82. The molecule has 2 aromatic heterocycles. The molecule has 0 radical (unpaired) electrons. The Balaban J connectivity index is 1.72. The van der Waals surface area contributed by atoms with Crippen LogP contribution >= 0.6 is 0 Å². The van der Waals surface area contributed by atoms with Crippen molar-refractivity contribution < 1.29 is 4.79 Å². The van der Waals surface area contributed by atoms with Crippen molar-refractivity contribution in [2.24, 2.45) is 5.73 Å². The van der Waals surface area contributed by atoms with Gasteiger partial charge in [-0.2, -0.15) is 0 Å². The Morgan fingerprint density at radius 1 is 1.22 bits per heavy atom. The lowest BCUT2D eigenvalue weighted by Crippen LogP contribution is -2.40. The number of hydrogen-bond acceptors (Lipinski definition) is 3. The lowest BCUT2D eigenvalue weighted by molar-refractivity contribution is 0.253. The monoisotopic (exact) mass is 308 g/mol. The highest BCUT2D eigenvalue weighted by Gasteiger charge is 2.39. The van der Waals surface area contributed by atoms with E-state index in [1.807, 2.05) is 18.6 Å². The number of nitrogens with zero attached hydrogens (tertiary/aromatic N) is 3. The van der Waals surface area contributed by atoms with Crippen molar-refractivity contribution in [3.05, 3.63) is 41.9 Å². The van der Waals surface area contributed by atoms with E-state index in [-0.39, 0.29) is 0 Å². The van der Waals surface area contributed by atoms with Gasteiger partial charge in [0.1, 0.15) is 5.82 Å². The number of aryl methyl sites for hydroxylation is 1. The van der Waals surface area contributed by atoms with Crippen LogP contribution in [-0.2, 0) is 11.8 Å². The fourth-order valence-corrected chi connectivity index (χ4v) is 3.24. The van der Waals surface area contributed by atoms with Crippen LogP contribution in [0.2, 0.25) is 0 Å². The number of anilines is 1. The second kappa shape index (κ2) is 5.05. The molecule has 5 nitrogen and oxygen atoms in total. The molecule has 23 heavy (non-hydrogen) atoms. The Labute approximate surface area is 135 Å². The maximum absolute atomic E-state index is 11.5. The maximum atomic E-state index is 11.5. The number of rotatable bonds is 2. The number of carbonyl (C=O) groups is 1. The van der Waals surface area contributed by atoms with Crippen molar-refractivity contribution in [1.29, 1.82) is 0 Å². The van der Waals surface area contributed by atoms with E-state index in [2.05, 4.69) is 29.0 Å². The number of carbonyl (C=O) groups excluding carboxylic acids is 1. The molecule has 1 aliphatic carbocycles. The molecule has 2 N–H and O–H groups in total. The van der Waals surface area contributed by atoms with E-state index in [1.165, 1.54) is 18.4 Å². The SMILES string of the molecule is CC1(c2cncc(-c3cnc4c(c3)CCCN4C(N)=O)c2)CC1. The molecule has 2 amide bonds. The van der Waals surface area contributed by atoms with Gasteiger partial charge in [-0.1, -0.05) is 6.92 Å². The van der Waals surface area contributed by atoms with E-state index < -0.39 is 6.03 Å². The average Bonchev–Trinajstić information content (AvgIpc) is 3.33. The first kappa shape index (κ1) is 14.2. The van der Waals surface area contributed by atoms with Crippen LogP contribution in [0.1, 0.15) is 37.3 Å². The summed E-state index contributed by atoms with van der Waals surface area (Å²) in [6.45, 7) is 2.92. The van der Waals surface area contributed by atoms with Crippen molar-refractivity contribution in [2.75, 3.05) is 11.4 Å². The number of pyridine rings is 2. The Kier molecular flexibility index (Phi) is 3.11. The molecule has 0 aromatic carbocycles. The standard InChI is InChI=1S/C18H20N4O/c1-18(4-5-18)15-8-14(9-20-11-15)13-7-12-3-2-6-22(17(19)23)16(12)21-10-13/h7-11H,2-6H2,1H3,(H2,19,23). The third-order valence-electron chi connectivity index (χ3n) is 5.06. The molecule has 0 saturated heterocycles. The number of primary amides is 1. The van der Waals surface area contributed by atoms with E-state index in [0.717, 1.165) is 29.5 Å². The number of aromatic nitrogens is 2. The molecule has 0 atom stereocenters. The van der Waals surface area contributed by atoms with Gasteiger partial charge in [0, 0.05) is 36.3 Å². The molecule has 1 saturated carbocycles. The molecule has 118 valence electrons. The second-order valence-electron chi connectivity index (χ2n) is 6.82. The van der Waals surface area contributed by atoms with Crippen molar-refractivity contribution in [3.8, 4) is 11.1 Å². The maximum Gasteiger partial charge on any atom is 0.320 e. The largest absolute Gasteiger partial charge is 0.351 e. The average molecular weight is 308 g/mol. The van der Waals surface area contributed by atoms with Crippen LogP contribution in [0.3, 0.4) is 0 Å². The molecule has 3 heterocycles. The number of fused-ring (bicyclic) bond motifs is 1. The van der Waals surface area contributed by atoms with E-state index in [9.17, 15) is 4.79 Å². The normalized spacial score (nSPS) is 18.4. The first-order valence-corrected chi connectivity index (χ1v) is 8.09. The van der Waals surface area contributed by atoms with Crippen LogP contribution in [0.15, 0.2) is 30.7 Å². The Morgan fingerprint density at radius 2 is 2.00 bits per heavy atom. The lowest BCUT2D eigenvalue weighted by atomic mass is 9.96. The van der Waals surface area contributed by atoms with Gasteiger partial charge in [0.2, 0.25) is 0 Å².